The number of aryl methyl sites for hydroxylation is 1. The van der Waals surface area contributed by atoms with Crippen LogP contribution in [0.4, 0.5) is 5.69 Å². The molecule has 0 bridgehead atoms. The first-order valence-corrected chi connectivity index (χ1v) is 9.69. The van der Waals surface area contributed by atoms with Crippen molar-refractivity contribution in [1.82, 2.24) is 15.1 Å². The summed E-state index contributed by atoms with van der Waals surface area (Å²) in [7, 11) is 0. The predicted molar refractivity (Wildman–Crippen MR) is 104 cm³/mol. The molecule has 2 aromatic heterocycles. The highest BCUT2D eigenvalue weighted by molar-refractivity contribution is 5.93. The van der Waals surface area contributed by atoms with Gasteiger partial charge in [-0.25, -0.2) is 0 Å². The van der Waals surface area contributed by atoms with Gasteiger partial charge in [-0.05, 0) is 55.8 Å². The van der Waals surface area contributed by atoms with E-state index in [1.807, 2.05) is 43.3 Å². The van der Waals surface area contributed by atoms with Crippen LogP contribution in [0.2, 0.25) is 0 Å². The quantitative estimate of drug-likeness (QED) is 0.701. The van der Waals surface area contributed by atoms with Crippen LogP contribution >= 0.6 is 0 Å². The topological polar surface area (TPSA) is 84.4 Å². The van der Waals surface area contributed by atoms with E-state index >= 15 is 0 Å². The molecule has 3 heterocycles. The maximum Gasteiger partial charge on any atom is 0.230 e. The highest BCUT2D eigenvalue weighted by Gasteiger charge is 2.27. The van der Waals surface area contributed by atoms with Crippen molar-refractivity contribution < 1.29 is 13.6 Å². The van der Waals surface area contributed by atoms with Gasteiger partial charge in [0.1, 0.15) is 5.76 Å². The number of aromatic nitrogens is 2. The number of furan rings is 1. The highest BCUT2D eigenvalue weighted by Crippen LogP contribution is 2.23. The Balaban J connectivity index is 1.33. The van der Waals surface area contributed by atoms with Gasteiger partial charge in [0.15, 0.2) is 0 Å². The number of benzene rings is 1. The number of carbonyl (C=O) groups excluding carboxylic acids is 1. The second-order valence-corrected chi connectivity index (χ2v) is 7.06. The van der Waals surface area contributed by atoms with E-state index in [0.29, 0.717) is 24.9 Å². The summed E-state index contributed by atoms with van der Waals surface area (Å²) in [5.74, 6) is 2.08. The van der Waals surface area contributed by atoms with Crippen LogP contribution in [0.5, 0.6) is 0 Å². The molecule has 1 aliphatic heterocycles. The molecule has 0 spiro atoms. The summed E-state index contributed by atoms with van der Waals surface area (Å²) in [5, 5.41) is 11.1. The fraction of sp³-hybridized carbons (Fsp3) is 0.381. The number of carbonyl (C=O) groups is 1. The van der Waals surface area contributed by atoms with E-state index in [0.717, 1.165) is 42.8 Å². The van der Waals surface area contributed by atoms with Crippen molar-refractivity contribution in [3.63, 3.8) is 0 Å². The van der Waals surface area contributed by atoms with Crippen LogP contribution in [0, 0.1) is 5.92 Å². The molecule has 3 aromatic rings. The Morgan fingerprint density at radius 1 is 1.21 bits per heavy atom. The Kier molecular flexibility index (Phi) is 5.53. The lowest BCUT2D eigenvalue weighted by Crippen LogP contribution is -2.40. The van der Waals surface area contributed by atoms with Crippen LogP contribution in [0.15, 0.2) is 51.5 Å². The second kappa shape index (κ2) is 8.39. The normalized spacial score (nSPS) is 17.5. The zero-order valence-corrected chi connectivity index (χ0v) is 15.9. The minimum absolute atomic E-state index is 0.0490. The van der Waals surface area contributed by atoms with Gasteiger partial charge in [-0.15, -0.1) is 10.2 Å². The van der Waals surface area contributed by atoms with E-state index in [1.54, 1.807) is 6.26 Å². The molecular formula is C21H24N4O3. The molecule has 7 nitrogen and oxygen atoms in total. The van der Waals surface area contributed by atoms with Crippen molar-refractivity contribution in [3.05, 3.63) is 54.4 Å². The maximum atomic E-state index is 12.7. The summed E-state index contributed by atoms with van der Waals surface area (Å²) in [6.45, 7) is 4.21. The highest BCUT2D eigenvalue weighted by atomic mass is 16.4. The zero-order chi connectivity index (χ0) is 19.3. The van der Waals surface area contributed by atoms with Crippen LogP contribution in [-0.4, -0.2) is 34.1 Å². The smallest absolute Gasteiger partial charge is 0.230 e. The number of nitrogens with zero attached hydrogens (tertiary/aromatic N) is 3. The predicted octanol–water partition coefficient (Wildman–Crippen LogP) is 3.74. The fourth-order valence-electron chi connectivity index (χ4n) is 3.50. The molecule has 1 atom stereocenters. The summed E-state index contributed by atoms with van der Waals surface area (Å²) in [5.41, 5.74) is 1.78. The Morgan fingerprint density at radius 3 is 2.75 bits per heavy atom. The summed E-state index contributed by atoms with van der Waals surface area (Å²) < 4.78 is 11.0. The third-order valence-corrected chi connectivity index (χ3v) is 5.00. The van der Waals surface area contributed by atoms with Gasteiger partial charge in [0.2, 0.25) is 17.7 Å². The van der Waals surface area contributed by atoms with Crippen LogP contribution in [0.1, 0.15) is 31.5 Å². The SMILES string of the molecule is CCc1nnc(CN2CCCC(C(=O)Nc3ccc(-c4ccco4)cc3)C2)o1. The molecule has 1 N–H and O–H groups in total. The zero-order valence-electron chi connectivity index (χ0n) is 15.9. The number of rotatable bonds is 6. The maximum absolute atomic E-state index is 12.7. The lowest BCUT2D eigenvalue weighted by Gasteiger charge is -2.30. The van der Waals surface area contributed by atoms with Crippen molar-refractivity contribution in [1.29, 1.82) is 0 Å². The molecule has 0 aliphatic carbocycles. The molecule has 1 aromatic carbocycles. The number of piperidine rings is 1. The van der Waals surface area contributed by atoms with Crippen molar-refractivity contribution >= 4 is 11.6 Å². The van der Waals surface area contributed by atoms with Gasteiger partial charge in [-0.3, -0.25) is 9.69 Å². The average molecular weight is 380 g/mol. The van der Waals surface area contributed by atoms with Gasteiger partial charge in [0.25, 0.3) is 0 Å². The standard InChI is InChI=1S/C21H24N4O3/c1-2-19-23-24-20(28-19)14-25-11-3-5-16(13-25)21(26)22-17-9-7-15(8-10-17)18-6-4-12-27-18/h4,6-10,12,16H,2-3,5,11,13-14H2,1H3,(H,22,26). The van der Waals surface area contributed by atoms with Gasteiger partial charge in [0.05, 0.1) is 18.7 Å². The number of nitrogens with one attached hydrogen (secondary N) is 1. The molecule has 1 aliphatic rings. The molecule has 0 radical (unpaired) electrons. The van der Waals surface area contributed by atoms with Gasteiger partial charge in [-0.2, -0.15) is 0 Å². The minimum Gasteiger partial charge on any atom is -0.464 e. The molecular weight excluding hydrogens is 356 g/mol. The summed E-state index contributed by atoms with van der Waals surface area (Å²) in [4.78, 5) is 14.9. The van der Waals surface area contributed by atoms with E-state index in [9.17, 15) is 4.79 Å². The van der Waals surface area contributed by atoms with Gasteiger partial charge < -0.3 is 14.2 Å². The number of hydrogen-bond donors (Lipinski definition) is 1. The molecule has 28 heavy (non-hydrogen) atoms. The summed E-state index contributed by atoms with van der Waals surface area (Å²) >= 11 is 0. The number of likely N-dealkylation sites (tertiary alicyclic amines) is 1. The molecule has 1 unspecified atom stereocenters. The number of anilines is 1. The summed E-state index contributed by atoms with van der Waals surface area (Å²) in [6.07, 6.45) is 4.25. The van der Waals surface area contributed by atoms with Crippen LogP contribution in [0.25, 0.3) is 11.3 Å². The molecule has 1 saturated heterocycles. The van der Waals surface area contributed by atoms with Crippen molar-refractivity contribution in [3.8, 4) is 11.3 Å². The van der Waals surface area contributed by atoms with Crippen LogP contribution < -0.4 is 5.32 Å². The molecule has 146 valence electrons. The Bertz CT molecular complexity index is 902. The van der Waals surface area contributed by atoms with Gasteiger partial charge in [0, 0.05) is 24.2 Å². The lowest BCUT2D eigenvalue weighted by molar-refractivity contribution is -0.121. The summed E-state index contributed by atoms with van der Waals surface area (Å²) in [6, 6.07) is 11.5. The molecule has 1 fully saturated rings. The lowest BCUT2D eigenvalue weighted by atomic mass is 9.97. The Labute approximate surface area is 163 Å². The van der Waals surface area contributed by atoms with E-state index in [2.05, 4.69) is 20.4 Å². The molecule has 0 saturated carbocycles. The monoisotopic (exact) mass is 380 g/mol. The first-order chi connectivity index (χ1) is 13.7. The van der Waals surface area contributed by atoms with Gasteiger partial charge >= 0.3 is 0 Å². The third-order valence-electron chi connectivity index (χ3n) is 5.00. The number of amides is 1. The van der Waals surface area contributed by atoms with Crippen molar-refractivity contribution in [2.24, 2.45) is 5.92 Å². The van der Waals surface area contributed by atoms with E-state index in [-0.39, 0.29) is 11.8 Å². The first-order valence-electron chi connectivity index (χ1n) is 9.69. The third kappa shape index (κ3) is 4.31. The average Bonchev–Trinajstić information content (AvgIpc) is 3.41. The minimum atomic E-state index is -0.0490. The number of hydrogen-bond acceptors (Lipinski definition) is 6. The molecule has 7 heteroatoms. The second-order valence-electron chi connectivity index (χ2n) is 7.06. The fourth-order valence-corrected chi connectivity index (χ4v) is 3.50. The van der Waals surface area contributed by atoms with E-state index < -0.39 is 0 Å². The van der Waals surface area contributed by atoms with Crippen molar-refractivity contribution in [2.75, 3.05) is 18.4 Å². The Hall–Kier alpha value is -2.93. The van der Waals surface area contributed by atoms with E-state index in [4.69, 9.17) is 8.83 Å². The first kappa shape index (κ1) is 18.4. The Morgan fingerprint density at radius 2 is 2.04 bits per heavy atom. The van der Waals surface area contributed by atoms with Gasteiger partial charge in [-0.1, -0.05) is 6.92 Å². The molecule has 4 rings (SSSR count). The molecule has 1 amide bonds. The van der Waals surface area contributed by atoms with Crippen molar-refractivity contribution in [2.45, 2.75) is 32.7 Å². The largest absolute Gasteiger partial charge is 0.464 e. The van der Waals surface area contributed by atoms with Crippen LogP contribution in [0.3, 0.4) is 0 Å². The van der Waals surface area contributed by atoms with E-state index in [1.165, 1.54) is 0 Å². The van der Waals surface area contributed by atoms with Crippen LogP contribution in [-0.2, 0) is 17.8 Å².